The number of aromatic nitrogens is 3. The van der Waals surface area contributed by atoms with Crippen LogP contribution in [0.4, 0.5) is 0 Å². The molecule has 0 spiro atoms. The predicted octanol–water partition coefficient (Wildman–Crippen LogP) is 4.97. The predicted molar refractivity (Wildman–Crippen MR) is 127 cm³/mol. The monoisotopic (exact) mass is 448 g/mol. The number of nitrogens with one attached hydrogen (secondary N) is 1. The fourth-order valence-corrected chi connectivity index (χ4v) is 5.40. The van der Waals surface area contributed by atoms with Crippen molar-refractivity contribution in [2.24, 2.45) is 7.05 Å². The number of aromatic amines is 1. The minimum absolute atomic E-state index is 0.208. The van der Waals surface area contributed by atoms with Crippen molar-refractivity contribution in [1.29, 1.82) is 0 Å². The molecule has 6 aromatic rings. The summed E-state index contributed by atoms with van der Waals surface area (Å²) in [6.45, 7) is 0.459. The van der Waals surface area contributed by atoms with Gasteiger partial charge in [0.2, 0.25) is 19.1 Å². The molecule has 34 heavy (non-hydrogen) atoms. The maximum absolute atomic E-state index is 5.96. The van der Waals surface area contributed by atoms with E-state index < -0.39 is 0 Å². The van der Waals surface area contributed by atoms with Crippen LogP contribution < -0.4 is 23.5 Å². The van der Waals surface area contributed by atoms with Crippen molar-refractivity contribution in [2.75, 3.05) is 13.6 Å². The molecule has 2 aromatic heterocycles. The molecule has 0 saturated heterocycles. The Morgan fingerprint density at radius 1 is 0.765 bits per heavy atom. The number of aryl methyl sites for hydroxylation is 1. The Balaban J connectivity index is 1.51. The maximum atomic E-state index is 5.96. The molecular formula is C27H18N3O4+. The summed E-state index contributed by atoms with van der Waals surface area (Å²) >= 11 is 0. The normalized spacial score (nSPS) is 14.1. The molecule has 0 radical (unpaired) electrons. The summed E-state index contributed by atoms with van der Waals surface area (Å²) in [5.74, 6) is 3.11. The lowest BCUT2D eigenvalue weighted by Crippen LogP contribution is -2.28. The van der Waals surface area contributed by atoms with Crippen LogP contribution in [0.5, 0.6) is 23.0 Å². The molecule has 1 N–H and O–H groups in total. The molecule has 0 atom stereocenters. The summed E-state index contributed by atoms with van der Waals surface area (Å²) in [6.07, 6.45) is 3.83. The van der Waals surface area contributed by atoms with E-state index in [0.717, 1.165) is 77.6 Å². The van der Waals surface area contributed by atoms with Crippen LogP contribution in [-0.2, 0) is 7.05 Å². The Morgan fingerprint density at radius 2 is 1.59 bits per heavy atom. The first kappa shape index (κ1) is 18.0. The molecule has 0 fully saturated rings. The standard InChI is InChI=1S/C27H18N3O4/c1-30-10-19-15(5-7-22-26(19)33-12-31-22)17-4-3-16-18(25(17)30)9-23-27(34-13-32-23)24(16)14-2-6-20-21(8-14)29-11-28-20/h2-11H,12-13H2,1H3,(H,28,29)/q+1. The number of rotatable bonds is 1. The minimum Gasteiger partial charge on any atom is -0.454 e. The van der Waals surface area contributed by atoms with Crippen molar-refractivity contribution in [3.05, 3.63) is 61.1 Å². The van der Waals surface area contributed by atoms with Gasteiger partial charge in [0.1, 0.15) is 7.05 Å². The summed E-state index contributed by atoms with van der Waals surface area (Å²) in [6, 6.07) is 16.8. The molecule has 7 nitrogen and oxygen atoms in total. The highest BCUT2D eigenvalue weighted by Crippen LogP contribution is 2.49. The highest BCUT2D eigenvalue weighted by Gasteiger charge is 2.27. The average molecular weight is 448 g/mol. The Morgan fingerprint density at radius 3 is 2.53 bits per heavy atom. The van der Waals surface area contributed by atoms with Crippen molar-refractivity contribution >= 4 is 43.5 Å². The molecule has 7 heteroatoms. The number of pyridine rings is 1. The van der Waals surface area contributed by atoms with E-state index >= 15 is 0 Å². The third-order valence-corrected chi connectivity index (χ3v) is 6.88. The smallest absolute Gasteiger partial charge is 0.231 e. The van der Waals surface area contributed by atoms with Gasteiger partial charge in [-0.1, -0.05) is 12.1 Å². The zero-order chi connectivity index (χ0) is 22.4. The summed E-state index contributed by atoms with van der Waals surface area (Å²) in [4.78, 5) is 7.62. The van der Waals surface area contributed by atoms with Gasteiger partial charge >= 0.3 is 0 Å². The van der Waals surface area contributed by atoms with Gasteiger partial charge in [-0.25, -0.2) is 4.98 Å². The molecule has 0 amide bonds. The van der Waals surface area contributed by atoms with E-state index in [2.05, 4.69) is 70.2 Å². The number of benzene rings is 4. The summed E-state index contributed by atoms with van der Waals surface area (Å²) in [5.41, 5.74) is 5.08. The highest BCUT2D eigenvalue weighted by atomic mass is 16.7. The van der Waals surface area contributed by atoms with Crippen molar-refractivity contribution < 1.29 is 23.5 Å². The second-order valence-corrected chi connectivity index (χ2v) is 8.68. The Kier molecular flexibility index (Phi) is 3.32. The SMILES string of the molecule is C[n+]1cc2c3c(ccc2c2ccc4c(-c5ccc6[nH]cnc6c5)c5c(cc4c21)OCO5)OCO3. The van der Waals surface area contributed by atoms with Gasteiger partial charge < -0.3 is 23.9 Å². The van der Waals surface area contributed by atoms with E-state index in [1.807, 2.05) is 6.07 Å². The summed E-state index contributed by atoms with van der Waals surface area (Å²) in [7, 11) is 2.07. The second kappa shape index (κ2) is 6.29. The van der Waals surface area contributed by atoms with Crippen LogP contribution in [0.25, 0.3) is 54.6 Å². The second-order valence-electron chi connectivity index (χ2n) is 8.68. The van der Waals surface area contributed by atoms with E-state index in [0.29, 0.717) is 0 Å². The number of fused-ring (bicyclic) bond motifs is 9. The topological polar surface area (TPSA) is 69.5 Å². The number of ether oxygens (including phenoxy) is 4. The van der Waals surface area contributed by atoms with Gasteiger partial charge in [-0.3, -0.25) is 0 Å². The Labute approximate surface area is 193 Å². The molecule has 0 bridgehead atoms. The van der Waals surface area contributed by atoms with Crippen LogP contribution in [-0.4, -0.2) is 23.6 Å². The van der Waals surface area contributed by atoms with Crippen LogP contribution in [0.15, 0.2) is 61.1 Å². The third-order valence-electron chi connectivity index (χ3n) is 6.88. The summed E-state index contributed by atoms with van der Waals surface area (Å²) < 4.78 is 25.4. The van der Waals surface area contributed by atoms with Crippen LogP contribution in [0.3, 0.4) is 0 Å². The average Bonchev–Trinajstić information content (AvgIpc) is 3.62. The lowest BCUT2D eigenvalue weighted by molar-refractivity contribution is -0.642. The Hall–Kier alpha value is -4.52. The first-order valence-electron chi connectivity index (χ1n) is 11.1. The lowest BCUT2D eigenvalue weighted by atomic mass is 9.93. The number of nitrogens with zero attached hydrogens (tertiary/aromatic N) is 2. The number of hydrogen-bond donors (Lipinski definition) is 1. The van der Waals surface area contributed by atoms with E-state index in [9.17, 15) is 0 Å². The van der Waals surface area contributed by atoms with Gasteiger partial charge in [-0.2, -0.15) is 4.57 Å². The van der Waals surface area contributed by atoms with E-state index in [1.165, 1.54) is 0 Å². The van der Waals surface area contributed by atoms with Gasteiger partial charge in [0.25, 0.3) is 0 Å². The zero-order valence-corrected chi connectivity index (χ0v) is 18.2. The van der Waals surface area contributed by atoms with E-state index in [4.69, 9.17) is 18.9 Å². The first-order chi connectivity index (χ1) is 16.8. The fraction of sp³-hybridized carbons (Fsp3) is 0.111. The van der Waals surface area contributed by atoms with Crippen LogP contribution in [0.1, 0.15) is 0 Å². The van der Waals surface area contributed by atoms with Crippen molar-refractivity contribution in [3.8, 4) is 34.1 Å². The lowest BCUT2D eigenvalue weighted by Gasteiger charge is -2.13. The van der Waals surface area contributed by atoms with Crippen molar-refractivity contribution in [1.82, 2.24) is 9.97 Å². The van der Waals surface area contributed by atoms with Gasteiger partial charge in [0.05, 0.1) is 33.5 Å². The van der Waals surface area contributed by atoms with Gasteiger partial charge in [0.15, 0.2) is 29.2 Å². The largest absolute Gasteiger partial charge is 0.454 e. The first-order valence-corrected chi connectivity index (χ1v) is 11.1. The quantitative estimate of drug-likeness (QED) is 0.284. The zero-order valence-electron chi connectivity index (χ0n) is 18.2. The third kappa shape index (κ3) is 2.25. The molecule has 2 aliphatic rings. The molecule has 0 saturated carbocycles. The molecule has 4 aromatic carbocycles. The van der Waals surface area contributed by atoms with Crippen molar-refractivity contribution in [2.45, 2.75) is 0 Å². The number of H-pyrrole nitrogens is 1. The molecule has 4 heterocycles. The van der Waals surface area contributed by atoms with Crippen LogP contribution in [0, 0.1) is 0 Å². The van der Waals surface area contributed by atoms with Crippen LogP contribution in [0.2, 0.25) is 0 Å². The molecular weight excluding hydrogens is 430 g/mol. The highest BCUT2D eigenvalue weighted by molar-refractivity contribution is 6.18. The minimum atomic E-state index is 0.208. The summed E-state index contributed by atoms with van der Waals surface area (Å²) in [5, 5.41) is 5.49. The number of hydrogen-bond acceptors (Lipinski definition) is 5. The van der Waals surface area contributed by atoms with Gasteiger partial charge in [-0.05, 0) is 42.0 Å². The molecule has 8 rings (SSSR count). The Bertz CT molecular complexity index is 1840. The molecule has 0 unspecified atom stereocenters. The number of imidazole rings is 1. The fourth-order valence-electron chi connectivity index (χ4n) is 5.40. The molecule has 0 aliphatic carbocycles. The van der Waals surface area contributed by atoms with Crippen LogP contribution >= 0.6 is 0 Å². The van der Waals surface area contributed by atoms with E-state index in [-0.39, 0.29) is 13.6 Å². The van der Waals surface area contributed by atoms with E-state index in [1.54, 1.807) is 6.33 Å². The maximum Gasteiger partial charge on any atom is 0.231 e. The van der Waals surface area contributed by atoms with Crippen molar-refractivity contribution in [3.63, 3.8) is 0 Å². The van der Waals surface area contributed by atoms with Gasteiger partial charge in [0, 0.05) is 16.3 Å². The molecule has 164 valence electrons. The van der Waals surface area contributed by atoms with Gasteiger partial charge in [-0.15, -0.1) is 0 Å². The molecule has 2 aliphatic heterocycles.